The summed E-state index contributed by atoms with van der Waals surface area (Å²) in [5, 5.41) is 22.1. The number of rotatable bonds is 7. The van der Waals surface area contributed by atoms with Crippen LogP contribution in [0.15, 0.2) is 29.3 Å². The van der Waals surface area contributed by atoms with Gasteiger partial charge in [0.25, 0.3) is 5.91 Å². The Balaban J connectivity index is 1.26. The van der Waals surface area contributed by atoms with E-state index >= 15 is 0 Å². The lowest BCUT2D eigenvalue weighted by Crippen LogP contribution is -2.49. The number of halogens is 4. The summed E-state index contributed by atoms with van der Waals surface area (Å²) >= 11 is 0. The number of hydrogen-bond acceptors (Lipinski definition) is 7. The van der Waals surface area contributed by atoms with Crippen molar-refractivity contribution in [3.05, 3.63) is 47.0 Å². The van der Waals surface area contributed by atoms with Crippen LogP contribution in [0, 0.1) is 11.7 Å². The van der Waals surface area contributed by atoms with E-state index in [2.05, 4.69) is 10.3 Å². The highest BCUT2D eigenvalue weighted by Gasteiger charge is 2.47. The molecule has 3 heterocycles. The number of hydrogen-bond donors (Lipinski definition) is 3. The van der Waals surface area contributed by atoms with E-state index in [0.717, 1.165) is 37.8 Å². The molecule has 1 amide bonds. The number of amidine groups is 1. The van der Waals surface area contributed by atoms with Gasteiger partial charge in [0.15, 0.2) is 11.6 Å². The van der Waals surface area contributed by atoms with Crippen LogP contribution in [0.25, 0.3) is 0 Å². The fourth-order valence-electron chi connectivity index (χ4n) is 5.21. The van der Waals surface area contributed by atoms with Gasteiger partial charge in [-0.05, 0) is 74.2 Å². The van der Waals surface area contributed by atoms with Gasteiger partial charge in [0.2, 0.25) is 0 Å². The molecule has 2 saturated carbocycles. The van der Waals surface area contributed by atoms with E-state index in [1.165, 1.54) is 12.1 Å². The van der Waals surface area contributed by atoms with Gasteiger partial charge in [-0.1, -0.05) is 0 Å². The number of pyridine rings is 1. The molecule has 1 aromatic heterocycles. The zero-order valence-electron chi connectivity index (χ0n) is 21.0. The van der Waals surface area contributed by atoms with Crippen molar-refractivity contribution in [1.29, 1.82) is 0 Å². The van der Waals surface area contributed by atoms with Crippen molar-refractivity contribution in [3.63, 3.8) is 0 Å². The number of alkyl halides is 3. The maximum Gasteiger partial charge on any atom is 0.488 e. The van der Waals surface area contributed by atoms with Gasteiger partial charge in [-0.2, -0.15) is 13.2 Å². The van der Waals surface area contributed by atoms with Crippen LogP contribution in [-0.2, 0) is 11.0 Å². The smallest absolute Gasteiger partial charge is 0.488 e. The van der Waals surface area contributed by atoms with Crippen molar-refractivity contribution in [2.24, 2.45) is 10.9 Å². The van der Waals surface area contributed by atoms with Gasteiger partial charge in [0.1, 0.15) is 17.1 Å². The third-order valence-corrected chi connectivity index (χ3v) is 7.85. The van der Waals surface area contributed by atoms with Crippen LogP contribution >= 0.6 is 0 Å². The Morgan fingerprint density at radius 3 is 2.46 bits per heavy atom. The van der Waals surface area contributed by atoms with Gasteiger partial charge in [-0.3, -0.25) is 9.79 Å². The molecule has 0 atom stereocenters. The Hall–Kier alpha value is -3.19. The summed E-state index contributed by atoms with van der Waals surface area (Å²) in [7, 11) is -1.86. The number of aliphatic imine (C=N–C) groups is 1. The summed E-state index contributed by atoms with van der Waals surface area (Å²) in [4.78, 5) is 23.6. The summed E-state index contributed by atoms with van der Waals surface area (Å²) < 4.78 is 60.6. The second-order valence-electron chi connectivity index (χ2n) is 10.8. The Labute approximate surface area is 222 Å². The fourth-order valence-corrected chi connectivity index (χ4v) is 5.21. The molecule has 206 valence electrons. The number of carbonyl (C=O) groups excluding carboxylic acids is 1. The maximum absolute atomic E-state index is 15.0. The van der Waals surface area contributed by atoms with E-state index in [0.29, 0.717) is 42.6 Å². The highest BCUT2D eigenvalue weighted by molar-refractivity contribution is 6.58. The first-order valence-electron chi connectivity index (χ1n) is 13.1. The van der Waals surface area contributed by atoms with Crippen LogP contribution in [0.3, 0.4) is 0 Å². The minimum Gasteiger partial charge on any atom is -0.488 e. The van der Waals surface area contributed by atoms with Gasteiger partial charge in [-0.15, -0.1) is 0 Å². The van der Waals surface area contributed by atoms with E-state index in [-0.39, 0.29) is 41.7 Å². The van der Waals surface area contributed by atoms with Crippen LogP contribution in [0.4, 0.5) is 23.2 Å². The molecule has 2 aliphatic heterocycles. The van der Waals surface area contributed by atoms with Crippen molar-refractivity contribution >= 4 is 30.0 Å². The quantitative estimate of drug-likeness (QED) is 0.364. The van der Waals surface area contributed by atoms with Crippen molar-refractivity contribution in [1.82, 2.24) is 10.3 Å². The van der Waals surface area contributed by atoms with Crippen molar-refractivity contribution in [2.45, 2.75) is 56.2 Å². The summed E-state index contributed by atoms with van der Waals surface area (Å²) in [6.45, 7) is 0.966. The first-order chi connectivity index (χ1) is 18.5. The number of ether oxygens (including phenoxy) is 1. The van der Waals surface area contributed by atoms with Crippen LogP contribution in [0.2, 0.25) is 0 Å². The molecule has 6 rings (SSSR count). The monoisotopic (exact) mass is 546 g/mol. The lowest BCUT2D eigenvalue weighted by molar-refractivity contribution is -0.141. The van der Waals surface area contributed by atoms with Crippen molar-refractivity contribution in [3.8, 4) is 5.75 Å². The van der Waals surface area contributed by atoms with E-state index < -0.39 is 30.3 Å². The molecule has 1 spiro atoms. The molecular weight excluding hydrogens is 519 g/mol. The number of aromatic nitrogens is 1. The molecule has 0 radical (unpaired) electrons. The molecule has 2 aromatic rings. The summed E-state index contributed by atoms with van der Waals surface area (Å²) in [5.74, 6) is -0.500. The van der Waals surface area contributed by atoms with E-state index in [1.807, 2.05) is 4.90 Å². The second-order valence-corrected chi connectivity index (χ2v) is 10.8. The maximum atomic E-state index is 15.0. The van der Waals surface area contributed by atoms with Gasteiger partial charge in [0, 0.05) is 24.6 Å². The average Bonchev–Trinajstić information content (AvgIpc) is 3.82. The van der Waals surface area contributed by atoms with Gasteiger partial charge in [-0.25, -0.2) is 9.37 Å². The van der Waals surface area contributed by atoms with Crippen LogP contribution in [0.1, 0.15) is 61.4 Å². The molecule has 0 unspecified atom stereocenters. The molecule has 8 nitrogen and oxygen atoms in total. The molecule has 3 N–H and O–H groups in total. The number of nitrogens with zero attached hydrogens (tertiary/aromatic N) is 3. The van der Waals surface area contributed by atoms with Gasteiger partial charge < -0.3 is 25.0 Å². The van der Waals surface area contributed by atoms with Crippen LogP contribution in [0.5, 0.6) is 5.75 Å². The SMILES string of the molecule is O=C1NC(c2ccc(C(F)(F)F)nc2C2CC2)=NC12CCN(c1cc(B(O)O)cc(F)c1OCC1CC1)CC2. The van der Waals surface area contributed by atoms with Crippen molar-refractivity contribution < 1.29 is 37.1 Å². The van der Waals surface area contributed by atoms with Gasteiger partial charge in [0.05, 0.1) is 18.0 Å². The van der Waals surface area contributed by atoms with E-state index in [9.17, 15) is 32.4 Å². The van der Waals surface area contributed by atoms with E-state index in [1.54, 1.807) is 0 Å². The Kier molecular flexibility index (Phi) is 6.33. The standard InChI is InChI=1S/C26H27BF4N4O4/c28-18-11-16(27(37)38)12-19(22(18)39-13-14-1-2-14)35-9-7-25(8-10-35)24(36)33-23(34-25)17-5-6-20(26(29,30)31)32-21(17)15-3-4-15/h5-6,11-12,14-15,37-38H,1-4,7-10,13H2,(H,33,34,36). The summed E-state index contributed by atoms with van der Waals surface area (Å²) in [5.41, 5.74) is -1.02. The van der Waals surface area contributed by atoms with Crippen LogP contribution in [-0.4, -0.2) is 59.1 Å². The topological polar surface area (TPSA) is 107 Å². The second kappa shape index (κ2) is 9.48. The highest BCUT2D eigenvalue weighted by atomic mass is 19.4. The minimum atomic E-state index is -4.57. The Bertz CT molecular complexity index is 1340. The third kappa shape index (κ3) is 5.09. The summed E-state index contributed by atoms with van der Waals surface area (Å²) in [6.07, 6.45) is -0.541. The predicted molar refractivity (Wildman–Crippen MR) is 135 cm³/mol. The molecule has 2 aliphatic carbocycles. The average molecular weight is 546 g/mol. The molecule has 39 heavy (non-hydrogen) atoms. The molecule has 4 aliphatic rings. The molecule has 1 saturated heterocycles. The fraction of sp³-hybridized carbons (Fsp3) is 0.500. The van der Waals surface area contributed by atoms with Crippen LogP contribution < -0.4 is 20.4 Å². The summed E-state index contributed by atoms with van der Waals surface area (Å²) in [6, 6.07) is 4.75. The highest BCUT2D eigenvalue weighted by Crippen LogP contribution is 2.43. The lowest BCUT2D eigenvalue weighted by Gasteiger charge is -2.37. The first kappa shape index (κ1) is 26.1. The first-order valence-corrected chi connectivity index (χ1v) is 13.1. The van der Waals surface area contributed by atoms with E-state index in [4.69, 9.17) is 9.73 Å². The normalized spacial score (nSPS) is 20.7. The number of benzene rings is 1. The molecule has 3 fully saturated rings. The number of carbonyl (C=O) groups is 1. The molecule has 13 heteroatoms. The Morgan fingerprint density at radius 2 is 1.85 bits per heavy atom. The Morgan fingerprint density at radius 1 is 1.13 bits per heavy atom. The molecule has 0 bridgehead atoms. The number of anilines is 1. The zero-order chi connectivity index (χ0) is 27.5. The molecular formula is C26H27BF4N4O4. The van der Waals surface area contributed by atoms with Gasteiger partial charge >= 0.3 is 13.3 Å². The molecule has 1 aromatic carbocycles. The minimum absolute atomic E-state index is 0.0112. The predicted octanol–water partition coefficient (Wildman–Crippen LogP) is 2.50. The lowest BCUT2D eigenvalue weighted by atomic mass is 9.79. The van der Waals surface area contributed by atoms with Crippen molar-refractivity contribution in [2.75, 3.05) is 24.6 Å². The largest absolute Gasteiger partial charge is 0.488 e. The zero-order valence-corrected chi connectivity index (χ0v) is 21.0. The third-order valence-electron chi connectivity index (χ3n) is 7.85. The number of piperidine rings is 1. The number of amides is 1. The number of nitrogens with one attached hydrogen (secondary N) is 1.